The summed E-state index contributed by atoms with van der Waals surface area (Å²) in [7, 11) is 0. The Morgan fingerprint density at radius 1 is 1.24 bits per heavy atom. The summed E-state index contributed by atoms with van der Waals surface area (Å²) in [4.78, 5) is 10.3. The van der Waals surface area contributed by atoms with Gasteiger partial charge in [0, 0.05) is 10.6 Å². The van der Waals surface area contributed by atoms with Gasteiger partial charge in [-0.2, -0.15) is 0 Å². The monoisotopic (exact) mass is 300 g/mol. The van der Waals surface area contributed by atoms with Gasteiger partial charge in [-0.25, -0.2) is 9.97 Å². The maximum absolute atomic E-state index is 6.11. The first-order valence-electron chi connectivity index (χ1n) is 7.17. The van der Waals surface area contributed by atoms with Crippen molar-refractivity contribution >= 4 is 28.2 Å². The first kappa shape index (κ1) is 14.1. The Kier molecular flexibility index (Phi) is 3.45. The summed E-state index contributed by atoms with van der Waals surface area (Å²) >= 11 is 1.81. The second-order valence-electron chi connectivity index (χ2n) is 5.37. The summed E-state index contributed by atoms with van der Waals surface area (Å²) in [6, 6.07) is 2.21. The molecule has 0 aromatic carbocycles. The van der Waals surface area contributed by atoms with E-state index in [0.717, 1.165) is 29.8 Å². The molecule has 0 spiro atoms. The van der Waals surface area contributed by atoms with Crippen LogP contribution in [-0.2, 0) is 13.0 Å². The molecule has 0 amide bonds. The van der Waals surface area contributed by atoms with Crippen LogP contribution in [0.1, 0.15) is 34.4 Å². The second kappa shape index (κ2) is 5.15. The van der Waals surface area contributed by atoms with Crippen molar-refractivity contribution in [3.8, 4) is 0 Å². The Balaban J connectivity index is 2.21. The topological polar surface area (TPSA) is 56.7 Å². The Morgan fingerprint density at radius 2 is 2.00 bits per heavy atom. The number of nitrogens with zero attached hydrogens (tertiary/aromatic N) is 3. The van der Waals surface area contributed by atoms with Crippen LogP contribution in [0.3, 0.4) is 0 Å². The molecule has 0 aliphatic rings. The van der Waals surface area contributed by atoms with Crippen LogP contribution < -0.4 is 5.73 Å². The van der Waals surface area contributed by atoms with Gasteiger partial charge in [0.05, 0.1) is 11.9 Å². The largest absolute Gasteiger partial charge is 0.383 e. The van der Waals surface area contributed by atoms with E-state index in [9.17, 15) is 0 Å². The Morgan fingerprint density at radius 3 is 2.71 bits per heavy atom. The SMILES string of the molecule is CCc1ccsc1Cn1c(C)c(C)c2c(N)nc(C)nc21. The van der Waals surface area contributed by atoms with Gasteiger partial charge in [0.15, 0.2) is 0 Å². The maximum atomic E-state index is 6.11. The standard InChI is InChI=1S/C16H20N4S/c1-5-12-6-7-21-13(12)8-20-10(3)9(2)14-15(17)18-11(4)19-16(14)20/h6-7H,5,8H2,1-4H3,(H2,17,18,19). The third-order valence-corrected chi connectivity index (χ3v) is 5.08. The number of fused-ring (bicyclic) bond motifs is 1. The van der Waals surface area contributed by atoms with Crippen LogP contribution in [0.2, 0.25) is 0 Å². The zero-order valence-electron chi connectivity index (χ0n) is 12.9. The number of nitrogen functional groups attached to an aromatic ring is 1. The number of nitrogens with two attached hydrogens (primary N) is 1. The van der Waals surface area contributed by atoms with Crippen LogP contribution in [0.4, 0.5) is 5.82 Å². The molecule has 0 fully saturated rings. The molecule has 3 aromatic heterocycles. The second-order valence-corrected chi connectivity index (χ2v) is 6.37. The molecular weight excluding hydrogens is 280 g/mol. The van der Waals surface area contributed by atoms with Crippen molar-refractivity contribution < 1.29 is 0 Å². The third-order valence-electron chi connectivity index (χ3n) is 4.13. The third kappa shape index (κ3) is 2.21. The minimum atomic E-state index is 0.582. The van der Waals surface area contributed by atoms with Gasteiger partial charge in [-0.1, -0.05) is 6.92 Å². The van der Waals surface area contributed by atoms with E-state index in [1.54, 1.807) is 0 Å². The summed E-state index contributed by atoms with van der Waals surface area (Å²) in [5.74, 6) is 1.30. The van der Waals surface area contributed by atoms with Crippen LogP contribution in [0.25, 0.3) is 11.0 Å². The zero-order valence-corrected chi connectivity index (χ0v) is 13.7. The molecule has 4 nitrogen and oxygen atoms in total. The molecule has 0 aliphatic carbocycles. The van der Waals surface area contributed by atoms with Crippen molar-refractivity contribution in [1.29, 1.82) is 0 Å². The van der Waals surface area contributed by atoms with Crippen LogP contribution in [-0.4, -0.2) is 14.5 Å². The fourth-order valence-corrected chi connectivity index (χ4v) is 3.80. The Bertz CT molecular complexity index is 813. The van der Waals surface area contributed by atoms with Gasteiger partial charge in [0.25, 0.3) is 0 Å². The van der Waals surface area contributed by atoms with E-state index in [4.69, 9.17) is 5.73 Å². The molecule has 110 valence electrons. The van der Waals surface area contributed by atoms with E-state index < -0.39 is 0 Å². The van der Waals surface area contributed by atoms with Gasteiger partial charge < -0.3 is 10.3 Å². The van der Waals surface area contributed by atoms with E-state index in [1.807, 2.05) is 18.3 Å². The van der Waals surface area contributed by atoms with E-state index in [0.29, 0.717) is 5.82 Å². The lowest BCUT2D eigenvalue weighted by molar-refractivity contribution is 0.791. The summed E-state index contributed by atoms with van der Waals surface area (Å²) in [6.07, 6.45) is 1.06. The Hall–Kier alpha value is -1.88. The number of hydrogen-bond acceptors (Lipinski definition) is 4. The lowest BCUT2D eigenvalue weighted by atomic mass is 10.2. The first-order valence-corrected chi connectivity index (χ1v) is 8.05. The normalized spacial score (nSPS) is 11.4. The number of aryl methyl sites for hydroxylation is 3. The van der Waals surface area contributed by atoms with Gasteiger partial charge >= 0.3 is 0 Å². The highest BCUT2D eigenvalue weighted by Gasteiger charge is 2.17. The van der Waals surface area contributed by atoms with Gasteiger partial charge in [-0.15, -0.1) is 11.3 Å². The fourth-order valence-electron chi connectivity index (χ4n) is 2.83. The van der Waals surface area contributed by atoms with Crippen LogP contribution in [0.15, 0.2) is 11.4 Å². The molecule has 0 unspecified atom stereocenters. The van der Waals surface area contributed by atoms with Gasteiger partial charge in [-0.05, 0) is 49.8 Å². The van der Waals surface area contributed by atoms with E-state index in [2.05, 4.69) is 46.8 Å². The molecule has 0 atom stereocenters. The lowest BCUT2D eigenvalue weighted by Crippen LogP contribution is -2.05. The molecular formula is C16H20N4S. The number of rotatable bonds is 3. The van der Waals surface area contributed by atoms with Gasteiger partial charge in [0.2, 0.25) is 0 Å². The van der Waals surface area contributed by atoms with Gasteiger partial charge in [0.1, 0.15) is 17.3 Å². The highest BCUT2D eigenvalue weighted by atomic mass is 32.1. The molecule has 0 saturated carbocycles. The van der Waals surface area contributed by atoms with Crippen LogP contribution in [0.5, 0.6) is 0 Å². The molecule has 0 radical (unpaired) electrons. The van der Waals surface area contributed by atoms with E-state index in [-0.39, 0.29) is 0 Å². The van der Waals surface area contributed by atoms with Gasteiger partial charge in [-0.3, -0.25) is 0 Å². The molecule has 3 aromatic rings. The van der Waals surface area contributed by atoms with Crippen molar-refractivity contribution in [1.82, 2.24) is 14.5 Å². The zero-order chi connectivity index (χ0) is 15.1. The predicted molar refractivity (Wildman–Crippen MR) is 89.0 cm³/mol. The minimum Gasteiger partial charge on any atom is -0.383 e. The average molecular weight is 300 g/mol. The maximum Gasteiger partial charge on any atom is 0.146 e. The molecule has 2 N–H and O–H groups in total. The fraction of sp³-hybridized carbons (Fsp3) is 0.375. The highest BCUT2D eigenvalue weighted by Crippen LogP contribution is 2.29. The average Bonchev–Trinajstić information content (AvgIpc) is 2.97. The van der Waals surface area contributed by atoms with Crippen molar-refractivity contribution in [3.05, 3.63) is 39.0 Å². The molecule has 0 bridgehead atoms. The molecule has 0 saturated heterocycles. The number of hydrogen-bond donors (Lipinski definition) is 1. The first-order chi connectivity index (χ1) is 10.0. The smallest absolute Gasteiger partial charge is 0.146 e. The van der Waals surface area contributed by atoms with E-state index in [1.165, 1.54) is 21.7 Å². The Labute approximate surface area is 128 Å². The number of anilines is 1. The summed E-state index contributed by atoms with van der Waals surface area (Å²) < 4.78 is 2.26. The molecule has 21 heavy (non-hydrogen) atoms. The van der Waals surface area contributed by atoms with Crippen molar-refractivity contribution in [2.45, 2.75) is 40.7 Å². The van der Waals surface area contributed by atoms with Crippen molar-refractivity contribution in [3.63, 3.8) is 0 Å². The van der Waals surface area contributed by atoms with E-state index >= 15 is 0 Å². The van der Waals surface area contributed by atoms with Crippen molar-refractivity contribution in [2.75, 3.05) is 5.73 Å². The summed E-state index contributed by atoms with van der Waals surface area (Å²) in [6.45, 7) is 9.17. The quantitative estimate of drug-likeness (QED) is 0.804. The molecule has 0 aliphatic heterocycles. The highest BCUT2D eigenvalue weighted by molar-refractivity contribution is 7.10. The van der Waals surface area contributed by atoms with Crippen molar-refractivity contribution in [2.24, 2.45) is 0 Å². The summed E-state index contributed by atoms with van der Waals surface area (Å²) in [5, 5.41) is 3.16. The number of thiophene rings is 1. The molecule has 3 rings (SSSR count). The lowest BCUT2D eigenvalue weighted by Gasteiger charge is -2.08. The van der Waals surface area contributed by atoms with Crippen LogP contribution >= 0.6 is 11.3 Å². The molecule has 5 heteroatoms. The number of aromatic nitrogens is 3. The predicted octanol–water partition coefficient (Wildman–Crippen LogP) is 3.61. The summed E-state index contributed by atoms with van der Waals surface area (Å²) in [5.41, 5.74) is 10.9. The minimum absolute atomic E-state index is 0.582. The molecule has 3 heterocycles. The van der Waals surface area contributed by atoms with Crippen LogP contribution in [0, 0.1) is 20.8 Å².